The van der Waals surface area contributed by atoms with Crippen molar-refractivity contribution in [3.63, 3.8) is 0 Å². The van der Waals surface area contributed by atoms with Crippen LogP contribution in [0.5, 0.6) is 0 Å². The van der Waals surface area contributed by atoms with Crippen molar-refractivity contribution in [1.82, 2.24) is 0 Å². The van der Waals surface area contributed by atoms with Gasteiger partial charge in [-0.2, -0.15) is 0 Å². The molecule has 0 aromatic rings. The fraction of sp³-hybridized carbons (Fsp3) is 0.875. The zero-order valence-corrected chi connectivity index (χ0v) is 6.76. The quantitative estimate of drug-likeness (QED) is 0.559. The minimum absolute atomic E-state index is 0.212. The molecule has 1 unspecified atom stereocenters. The lowest BCUT2D eigenvalue weighted by Crippen LogP contribution is -2.18. The molecule has 0 aromatic heterocycles. The Balaban J connectivity index is 0.000000371. The fourth-order valence-electron chi connectivity index (χ4n) is 1.00. The summed E-state index contributed by atoms with van der Waals surface area (Å²) in [5.41, 5.74) is 0. The van der Waals surface area contributed by atoms with Crippen molar-refractivity contribution in [3.8, 4) is 0 Å². The Bertz CT molecular complexity index is 99.4. The molecule has 1 atom stereocenters. The van der Waals surface area contributed by atoms with E-state index in [2.05, 4.69) is 0 Å². The lowest BCUT2D eigenvalue weighted by atomic mass is 9.97. The molecule has 1 rings (SSSR count). The maximum Gasteiger partial charge on any atom is 0.135 e. The van der Waals surface area contributed by atoms with Gasteiger partial charge >= 0.3 is 0 Å². The summed E-state index contributed by atoms with van der Waals surface area (Å²) >= 11 is 0. The minimum atomic E-state index is -0.337. The number of carbonyl (C=O) groups excluding carboxylic acids is 1. The van der Waals surface area contributed by atoms with Crippen LogP contribution in [0.2, 0.25) is 0 Å². The molecule has 0 amide bonds. The summed E-state index contributed by atoms with van der Waals surface area (Å²) < 4.78 is 0. The van der Waals surface area contributed by atoms with Gasteiger partial charge in [0.1, 0.15) is 5.78 Å². The van der Waals surface area contributed by atoms with Crippen LogP contribution < -0.4 is 0 Å². The maximum atomic E-state index is 10.5. The number of hydrogen-bond acceptors (Lipinski definition) is 2. The van der Waals surface area contributed by atoms with Gasteiger partial charge in [0.25, 0.3) is 0 Å². The van der Waals surface area contributed by atoms with Crippen LogP contribution in [0.4, 0.5) is 0 Å². The smallest absolute Gasteiger partial charge is 0.135 e. The summed E-state index contributed by atoms with van der Waals surface area (Å²) in [4.78, 5) is 10.5. The van der Waals surface area contributed by atoms with Gasteiger partial charge in [0.05, 0.1) is 6.10 Å². The SMILES string of the molecule is CC.O=C1CCCC(O)C1. The van der Waals surface area contributed by atoms with E-state index in [4.69, 9.17) is 5.11 Å². The van der Waals surface area contributed by atoms with Gasteiger partial charge in [0, 0.05) is 12.8 Å². The first-order chi connectivity index (χ1) is 4.79. The van der Waals surface area contributed by atoms with Gasteiger partial charge < -0.3 is 5.11 Å². The van der Waals surface area contributed by atoms with Crippen LogP contribution >= 0.6 is 0 Å². The Morgan fingerprint density at radius 1 is 1.50 bits per heavy atom. The van der Waals surface area contributed by atoms with E-state index in [0.717, 1.165) is 12.8 Å². The first kappa shape index (κ1) is 9.63. The van der Waals surface area contributed by atoms with Crippen molar-refractivity contribution in [2.45, 2.75) is 45.6 Å². The number of aliphatic hydroxyl groups is 1. The highest BCUT2D eigenvalue weighted by atomic mass is 16.3. The molecule has 1 aliphatic rings. The molecule has 0 saturated heterocycles. The zero-order chi connectivity index (χ0) is 7.98. The highest BCUT2D eigenvalue weighted by molar-refractivity contribution is 5.79. The third kappa shape index (κ3) is 3.62. The first-order valence-corrected chi connectivity index (χ1v) is 3.99. The van der Waals surface area contributed by atoms with Gasteiger partial charge in [0.15, 0.2) is 0 Å². The molecule has 1 aliphatic carbocycles. The van der Waals surface area contributed by atoms with Crippen molar-refractivity contribution >= 4 is 5.78 Å². The third-order valence-electron chi connectivity index (χ3n) is 1.46. The maximum absolute atomic E-state index is 10.5. The second-order valence-electron chi connectivity index (χ2n) is 2.29. The standard InChI is InChI=1S/C6H10O2.C2H6/c7-5-2-1-3-6(8)4-5;1-2/h5,7H,1-4H2;1-2H3. The first-order valence-electron chi connectivity index (χ1n) is 3.99. The topological polar surface area (TPSA) is 37.3 Å². The number of hydrogen-bond donors (Lipinski definition) is 1. The molecule has 1 N–H and O–H groups in total. The van der Waals surface area contributed by atoms with E-state index < -0.39 is 0 Å². The van der Waals surface area contributed by atoms with Crippen LogP contribution in [-0.4, -0.2) is 17.0 Å². The van der Waals surface area contributed by atoms with Gasteiger partial charge in [-0.1, -0.05) is 13.8 Å². The van der Waals surface area contributed by atoms with Gasteiger partial charge in [-0.25, -0.2) is 0 Å². The number of aliphatic hydroxyl groups excluding tert-OH is 1. The number of ketones is 1. The Labute approximate surface area is 62.2 Å². The predicted molar refractivity (Wildman–Crippen MR) is 40.8 cm³/mol. The van der Waals surface area contributed by atoms with Crippen LogP contribution in [0, 0.1) is 0 Å². The van der Waals surface area contributed by atoms with Crippen LogP contribution in [0.25, 0.3) is 0 Å². The Morgan fingerprint density at radius 2 is 2.10 bits per heavy atom. The van der Waals surface area contributed by atoms with E-state index in [9.17, 15) is 4.79 Å². The van der Waals surface area contributed by atoms with Gasteiger partial charge in [0.2, 0.25) is 0 Å². The Kier molecular flexibility index (Phi) is 5.22. The van der Waals surface area contributed by atoms with Crippen LogP contribution in [0.3, 0.4) is 0 Å². The lowest BCUT2D eigenvalue weighted by Gasteiger charge is -2.13. The van der Waals surface area contributed by atoms with Crippen LogP contribution in [0.15, 0.2) is 0 Å². The lowest BCUT2D eigenvalue weighted by molar-refractivity contribution is -0.122. The summed E-state index contributed by atoms with van der Waals surface area (Å²) in [5, 5.41) is 8.86. The normalized spacial score (nSPS) is 25.1. The average molecular weight is 144 g/mol. The zero-order valence-electron chi connectivity index (χ0n) is 6.76. The number of Topliss-reactive ketones (excluding diaryl/α,β-unsaturated/α-hetero) is 1. The molecule has 2 heteroatoms. The van der Waals surface area contributed by atoms with E-state index in [-0.39, 0.29) is 11.9 Å². The van der Waals surface area contributed by atoms with E-state index in [1.807, 2.05) is 13.8 Å². The predicted octanol–water partition coefficient (Wildman–Crippen LogP) is 1.52. The molecule has 0 aromatic carbocycles. The molecular weight excluding hydrogens is 128 g/mol. The monoisotopic (exact) mass is 144 g/mol. The summed E-state index contributed by atoms with van der Waals surface area (Å²) in [6, 6.07) is 0. The summed E-state index contributed by atoms with van der Waals surface area (Å²) in [6.07, 6.45) is 2.42. The molecule has 1 fully saturated rings. The van der Waals surface area contributed by atoms with Crippen molar-refractivity contribution < 1.29 is 9.90 Å². The fourth-order valence-corrected chi connectivity index (χ4v) is 1.00. The highest BCUT2D eigenvalue weighted by Gasteiger charge is 2.15. The van der Waals surface area contributed by atoms with Crippen molar-refractivity contribution in [3.05, 3.63) is 0 Å². The molecule has 0 spiro atoms. The number of carbonyl (C=O) groups is 1. The van der Waals surface area contributed by atoms with Gasteiger partial charge in [-0.3, -0.25) is 4.79 Å². The van der Waals surface area contributed by atoms with Crippen LogP contribution in [0.1, 0.15) is 39.5 Å². The molecule has 60 valence electrons. The molecule has 0 aliphatic heterocycles. The Morgan fingerprint density at radius 3 is 2.40 bits per heavy atom. The average Bonchev–Trinajstić information content (AvgIpc) is 1.91. The molecule has 0 radical (unpaired) electrons. The highest BCUT2D eigenvalue weighted by Crippen LogP contribution is 2.13. The van der Waals surface area contributed by atoms with Gasteiger partial charge in [-0.05, 0) is 12.8 Å². The molecule has 2 nitrogen and oxygen atoms in total. The van der Waals surface area contributed by atoms with E-state index in [1.54, 1.807) is 0 Å². The van der Waals surface area contributed by atoms with E-state index >= 15 is 0 Å². The van der Waals surface area contributed by atoms with Crippen molar-refractivity contribution in [2.75, 3.05) is 0 Å². The molecular formula is C8H16O2. The molecule has 1 saturated carbocycles. The Hall–Kier alpha value is -0.370. The third-order valence-corrected chi connectivity index (χ3v) is 1.46. The second kappa shape index (κ2) is 5.42. The van der Waals surface area contributed by atoms with E-state index in [1.165, 1.54) is 0 Å². The van der Waals surface area contributed by atoms with Crippen LogP contribution in [-0.2, 0) is 4.79 Å². The summed E-state index contributed by atoms with van der Waals surface area (Å²) in [5.74, 6) is 0.212. The summed E-state index contributed by atoms with van der Waals surface area (Å²) in [6.45, 7) is 4.00. The van der Waals surface area contributed by atoms with E-state index in [0.29, 0.717) is 12.8 Å². The van der Waals surface area contributed by atoms with Crippen molar-refractivity contribution in [1.29, 1.82) is 0 Å². The minimum Gasteiger partial charge on any atom is -0.393 e. The molecule has 10 heavy (non-hydrogen) atoms. The second-order valence-corrected chi connectivity index (χ2v) is 2.29. The van der Waals surface area contributed by atoms with Gasteiger partial charge in [-0.15, -0.1) is 0 Å². The molecule has 0 bridgehead atoms. The summed E-state index contributed by atoms with van der Waals surface area (Å²) in [7, 11) is 0. The van der Waals surface area contributed by atoms with Crippen molar-refractivity contribution in [2.24, 2.45) is 0 Å². The number of rotatable bonds is 0. The molecule has 0 heterocycles. The largest absolute Gasteiger partial charge is 0.393 e.